The molecule has 0 saturated heterocycles. The number of aliphatic hydroxyl groups is 2. The van der Waals surface area contributed by atoms with E-state index >= 15 is 0 Å². The van der Waals surface area contributed by atoms with Crippen LogP contribution in [0.4, 0.5) is 0 Å². The van der Waals surface area contributed by atoms with Crippen molar-refractivity contribution in [2.45, 2.75) is 64.6 Å². The minimum absolute atomic E-state index is 0.153. The van der Waals surface area contributed by atoms with Crippen molar-refractivity contribution >= 4 is 11.9 Å². The Kier molecular flexibility index (Phi) is 12.1. The summed E-state index contributed by atoms with van der Waals surface area (Å²) < 4.78 is 10.4. The van der Waals surface area contributed by atoms with E-state index in [1.807, 2.05) is 24.3 Å². The van der Waals surface area contributed by atoms with E-state index < -0.39 is 0 Å². The van der Waals surface area contributed by atoms with Crippen molar-refractivity contribution < 1.29 is 29.3 Å². The van der Waals surface area contributed by atoms with Gasteiger partial charge in [0.1, 0.15) is 13.2 Å². The summed E-state index contributed by atoms with van der Waals surface area (Å²) in [6, 6.07) is 7.40. The monoisotopic (exact) mass is 366 g/mol. The van der Waals surface area contributed by atoms with Gasteiger partial charge in [0.15, 0.2) is 0 Å². The zero-order valence-corrected chi connectivity index (χ0v) is 15.3. The lowest BCUT2D eigenvalue weighted by molar-refractivity contribution is -0.146. The Hall–Kier alpha value is -1.92. The predicted octanol–water partition coefficient (Wildman–Crippen LogP) is 2.88. The largest absolute Gasteiger partial charge is 0.461 e. The molecule has 0 aliphatic carbocycles. The number of aliphatic hydroxyl groups excluding tert-OH is 2. The Balaban J connectivity index is 2.20. The Bertz CT molecular complexity index is 465. The van der Waals surface area contributed by atoms with Crippen LogP contribution in [0.1, 0.15) is 62.5 Å². The molecule has 6 nitrogen and oxygen atoms in total. The van der Waals surface area contributed by atoms with Crippen LogP contribution in [0.15, 0.2) is 24.3 Å². The molecule has 0 fully saturated rings. The molecular formula is C20H30O6. The van der Waals surface area contributed by atoms with E-state index in [-0.39, 0.29) is 38.4 Å². The highest BCUT2D eigenvalue weighted by Crippen LogP contribution is 2.10. The predicted molar refractivity (Wildman–Crippen MR) is 97.1 cm³/mol. The third kappa shape index (κ3) is 10.8. The van der Waals surface area contributed by atoms with Crippen LogP contribution in [0, 0.1) is 0 Å². The summed E-state index contributed by atoms with van der Waals surface area (Å²) in [5.41, 5.74) is 1.76. The number of hydrogen-bond donors (Lipinski definition) is 2. The average molecular weight is 366 g/mol. The molecule has 146 valence electrons. The average Bonchev–Trinajstić information content (AvgIpc) is 2.66. The van der Waals surface area contributed by atoms with Crippen LogP contribution in [0.5, 0.6) is 0 Å². The highest BCUT2D eigenvalue weighted by atomic mass is 16.5. The van der Waals surface area contributed by atoms with Gasteiger partial charge in [-0.1, -0.05) is 37.1 Å². The molecule has 0 radical (unpaired) electrons. The fourth-order valence-corrected chi connectivity index (χ4v) is 2.32. The summed E-state index contributed by atoms with van der Waals surface area (Å²) in [7, 11) is 0. The third-order valence-corrected chi connectivity index (χ3v) is 3.90. The number of carbonyl (C=O) groups excluding carboxylic acids is 2. The van der Waals surface area contributed by atoms with Gasteiger partial charge in [0.25, 0.3) is 0 Å². The number of rotatable bonds is 14. The molecule has 2 N–H and O–H groups in total. The molecule has 0 unspecified atom stereocenters. The molecule has 1 aromatic rings. The van der Waals surface area contributed by atoms with Gasteiger partial charge in [0, 0.05) is 26.1 Å². The summed E-state index contributed by atoms with van der Waals surface area (Å²) in [4.78, 5) is 23.2. The molecule has 0 bridgehead atoms. The maximum absolute atomic E-state index is 11.6. The zero-order chi connectivity index (χ0) is 19.0. The minimum atomic E-state index is -0.234. The summed E-state index contributed by atoms with van der Waals surface area (Å²) >= 11 is 0. The molecule has 0 saturated carbocycles. The zero-order valence-electron chi connectivity index (χ0n) is 15.3. The van der Waals surface area contributed by atoms with E-state index in [2.05, 4.69) is 0 Å². The molecule has 0 atom stereocenters. The van der Waals surface area contributed by atoms with Crippen LogP contribution in [-0.2, 0) is 32.3 Å². The van der Waals surface area contributed by atoms with Gasteiger partial charge in [0.05, 0.1) is 0 Å². The first-order valence-electron chi connectivity index (χ1n) is 9.26. The highest BCUT2D eigenvalue weighted by Gasteiger charge is 2.05. The van der Waals surface area contributed by atoms with E-state index in [0.717, 1.165) is 36.8 Å². The molecular weight excluding hydrogens is 336 g/mol. The van der Waals surface area contributed by atoms with Crippen molar-refractivity contribution in [1.29, 1.82) is 0 Å². The standard InChI is InChI=1S/C20H30O6/c21-13-5-1-3-7-19(23)25-15-17-9-11-18(12-10-17)16-26-20(24)8-4-2-6-14-22/h9-12,21-22H,1-8,13-16H2. The fourth-order valence-electron chi connectivity index (χ4n) is 2.32. The third-order valence-electron chi connectivity index (χ3n) is 3.90. The van der Waals surface area contributed by atoms with Crippen LogP contribution in [-0.4, -0.2) is 35.4 Å². The van der Waals surface area contributed by atoms with Gasteiger partial charge in [-0.3, -0.25) is 9.59 Å². The van der Waals surface area contributed by atoms with Gasteiger partial charge in [-0.15, -0.1) is 0 Å². The van der Waals surface area contributed by atoms with Crippen molar-refractivity contribution in [2.24, 2.45) is 0 Å². The van der Waals surface area contributed by atoms with Crippen LogP contribution >= 0.6 is 0 Å². The van der Waals surface area contributed by atoms with E-state index in [1.54, 1.807) is 0 Å². The SMILES string of the molecule is O=C(CCCCCO)OCc1ccc(COC(=O)CCCCCO)cc1. The van der Waals surface area contributed by atoms with E-state index in [9.17, 15) is 9.59 Å². The molecule has 0 aromatic heterocycles. The lowest BCUT2D eigenvalue weighted by Gasteiger charge is -2.07. The lowest BCUT2D eigenvalue weighted by Crippen LogP contribution is -2.05. The van der Waals surface area contributed by atoms with Gasteiger partial charge in [0.2, 0.25) is 0 Å². The minimum Gasteiger partial charge on any atom is -0.461 e. The fraction of sp³-hybridized carbons (Fsp3) is 0.600. The van der Waals surface area contributed by atoms with Crippen molar-refractivity contribution in [1.82, 2.24) is 0 Å². The second-order valence-electron chi connectivity index (χ2n) is 6.21. The Morgan fingerprint density at radius 1 is 0.654 bits per heavy atom. The quantitative estimate of drug-likeness (QED) is 0.388. The molecule has 0 heterocycles. The van der Waals surface area contributed by atoms with Gasteiger partial charge >= 0.3 is 11.9 Å². The Morgan fingerprint density at radius 3 is 1.38 bits per heavy atom. The molecule has 0 amide bonds. The first kappa shape index (κ1) is 22.1. The molecule has 0 spiro atoms. The maximum Gasteiger partial charge on any atom is 0.306 e. The molecule has 1 aromatic carbocycles. The summed E-state index contributed by atoms with van der Waals surface area (Å²) in [5.74, 6) is -0.468. The second-order valence-corrected chi connectivity index (χ2v) is 6.21. The molecule has 0 aliphatic heterocycles. The van der Waals surface area contributed by atoms with Gasteiger partial charge in [-0.2, -0.15) is 0 Å². The summed E-state index contributed by atoms with van der Waals surface area (Å²) in [5, 5.41) is 17.4. The summed E-state index contributed by atoms with van der Waals surface area (Å²) in [6.45, 7) is 0.758. The number of hydrogen-bond acceptors (Lipinski definition) is 6. The van der Waals surface area contributed by atoms with E-state index in [4.69, 9.17) is 19.7 Å². The molecule has 1 rings (SSSR count). The normalized spacial score (nSPS) is 10.5. The van der Waals surface area contributed by atoms with Crippen LogP contribution < -0.4 is 0 Å². The Morgan fingerprint density at radius 2 is 1.04 bits per heavy atom. The first-order chi connectivity index (χ1) is 12.7. The van der Waals surface area contributed by atoms with Crippen molar-refractivity contribution in [3.8, 4) is 0 Å². The van der Waals surface area contributed by atoms with Crippen LogP contribution in [0.3, 0.4) is 0 Å². The van der Waals surface area contributed by atoms with E-state index in [0.29, 0.717) is 25.7 Å². The first-order valence-corrected chi connectivity index (χ1v) is 9.26. The summed E-state index contributed by atoms with van der Waals surface area (Å²) in [6.07, 6.45) is 5.25. The van der Waals surface area contributed by atoms with Crippen molar-refractivity contribution in [2.75, 3.05) is 13.2 Å². The van der Waals surface area contributed by atoms with Crippen LogP contribution in [0.25, 0.3) is 0 Å². The number of ether oxygens (including phenoxy) is 2. The highest BCUT2D eigenvalue weighted by molar-refractivity contribution is 5.69. The second kappa shape index (κ2) is 14.3. The smallest absolute Gasteiger partial charge is 0.306 e. The number of benzene rings is 1. The van der Waals surface area contributed by atoms with Gasteiger partial charge in [-0.05, 0) is 36.8 Å². The molecule has 6 heteroatoms. The number of carbonyl (C=O) groups is 2. The van der Waals surface area contributed by atoms with E-state index in [1.165, 1.54) is 0 Å². The lowest BCUT2D eigenvalue weighted by atomic mass is 10.1. The topological polar surface area (TPSA) is 93.1 Å². The molecule has 26 heavy (non-hydrogen) atoms. The van der Waals surface area contributed by atoms with Crippen molar-refractivity contribution in [3.63, 3.8) is 0 Å². The number of unbranched alkanes of at least 4 members (excludes halogenated alkanes) is 4. The maximum atomic E-state index is 11.6. The van der Waals surface area contributed by atoms with Crippen LogP contribution in [0.2, 0.25) is 0 Å². The number of esters is 2. The van der Waals surface area contributed by atoms with Gasteiger partial charge < -0.3 is 19.7 Å². The Labute approximate surface area is 155 Å². The van der Waals surface area contributed by atoms with Crippen molar-refractivity contribution in [3.05, 3.63) is 35.4 Å². The van der Waals surface area contributed by atoms with Gasteiger partial charge in [-0.25, -0.2) is 0 Å². The molecule has 0 aliphatic rings.